The maximum absolute atomic E-state index is 14.0. The lowest BCUT2D eigenvalue weighted by atomic mass is 9.78. The molecule has 6 nitrogen and oxygen atoms in total. The molecule has 0 spiro atoms. The highest BCUT2D eigenvalue weighted by Crippen LogP contribution is 2.41. The number of methoxy groups -OCH3 is 1. The first kappa shape index (κ1) is 31.5. The van der Waals surface area contributed by atoms with E-state index in [4.69, 9.17) is 9.47 Å². The number of hydrogen-bond donors (Lipinski definition) is 0. The van der Waals surface area contributed by atoms with Crippen LogP contribution in [0.4, 0.5) is 0 Å². The molecule has 0 aliphatic heterocycles. The minimum absolute atomic E-state index is 0.0691. The van der Waals surface area contributed by atoms with Gasteiger partial charge in [0, 0.05) is 30.3 Å². The van der Waals surface area contributed by atoms with Crippen molar-refractivity contribution in [2.24, 2.45) is 0 Å². The van der Waals surface area contributed by atoms with Gasteiger partial charge in [0.15, 0.2) is 12.6 Å². The molecule has 0 aliphatic rings. The predicted molar refractivity (Wildman–Crippen MR) is 162 cm³/mol. The molecule has 0 atom stereocenters. The van der Waals surface area contributed by atoms with Crippen molar-refractivity contribution >= 4 is 15.8 Å². The van der Waals surface area contributed by atoms with Crippen molar-refractivity contribution in [3.8, 4) is 5.75 Å². The average Bonchev–Trinajstić information content (AvgIpc) is 2.89. The van der Waals surface area contributed by atoms with E-state index in [-0.39, 0.29) is 24.2 Å². The lowest BCUT2D eigenvalue weighted by Gasteiger charge is -2.31. The summed E-state index contributed by atoms with van der Waals surface area (Å²) in [6.45, 7) is 14.4. The fraction of sp³-hybridized carbons (Fsp3) is 0.424. The summed E-state index contributed by atoms with van der Waals surface area (Å²) >= 11 is 0. The Kier molecular flexibility index (Phi) is 9.99. The summed E-state index contributed by atoms with van der Waals surface area (Å²) in [5.74, 6) is -0.417. The van der Waals surface area contributed by atoms with Gasteiger partial charge < -0.3 is 9.47 Å². The quantitative estimate of drug-likeness (QED) is 0.187. The molecule has 0 aliphatic carbocycles. The summed E-state index contributed by atoms with van der Waals surface area (Å²) < 4.78 is 40.6. The summed E-state index contributed by atoms with van der Waals surface area (Å²) in [7, 11) is -2.44. The van der Waals surface area contributed by atoms with Crippen LogP contribution in [0.5, 0.6) is 5.75 Å². The van der Waals surface area contributed by atoms with Crippen LogP contribution in [0, 0.1) is 0 Å². The first-order valence-electron chi connectivity index (χ1n) is 13.6. The van der Waals surface area contributed by atoms with E-state index >= 15 is 0 Å². The van der Waals surface area contributed by atoms with Crippen molar-refractivity contribution in [2.45, 2.75) is 65.3 Å². The van der Waals surface area contributed by atoms with Gasteiger partial charge in [-0.15, -0.1) is 0 Å². The van der Waals surface area contributed by atoms with E-state index in [1.807, 2.05) is 102 Å². The van der Waals surface area contributed by atoms with E-state index in [2.05, 4.69) is 0 Å². The smallest absolute Gasteiger partial charge is 0.222 e. The highest BCUT2D eigenvalue weighted by molar-refractivity contribution is 7.89. The summed E-state index contributed by atoms with van der Waals surface area (Å²) in [6, 6.07) is 22.1. The number of carbonyl (C=O) groups is 1. The molecule has 0 radical (unpaired) electrons. The van der Waals surface area contributed by atoms with Crippen molar-refractivity contribution in [1.82, 2.24) is 4.31 Å². The zero-order chi connectivity index (χ0) is 29.7. The highest BCUT2D eigenvalue weighted by Gasteiger charge is 2.35. The van der Waals surface area contributed by atoms with Gasteiger partial charge in [-0.3, -0.25) is 4.79 Å². The van der Waals surface area contributed by atoms with Gasteiger partial charge in [-0.2, -0.15) is 4.31 Å². The third kappa shape index (κ3) is 7.39. The van der Waals surface area contributed by atoms with E-state index in [0.717, 1.165) is 22.3 Å². The minimum Gasteiger partial charge on any atom is -0.467 e. The number of sulfonamides is 1. The van der Waals surface area contributed by atoms with Gasteiger partial charge in [-0.25, -0.2) is 8.42 Å². The number of Topliss-reactive ketones (excluding diaryl/α,β-unsaturated/α-hetero) is 1. The van der Waals surface area contributed by atoms with Crippen LogP contribution in [-0.4, -0.2) is 44.7 Å². The molecule has 3 aromatic rings. The monoisotopic (exact) mass is 565 g/mol. The standard InChI is InChI=1S/C33H43NO5S/c1-9-34(30(24-16-12-10-13-17-24)25-18-14-11-15-19-25)40(36,37)22-29(35)26-20-27(32(2,3)4)31(39-23-38-8)28(21-26)33(5,6)7/h10-21,30H,9,22-23H2,1-8H3. The second-order valence-corrected chi connectivity index (χ2v) is 14.0. The van der Waals surface area contributed by atoms with E-state index in [1.54, 1.807) is 26.2 Å². The largest absolute Gasteiger partial charge is 0.467 e. The summed E-state index contributed by atoms with van der Waals surface area (Å²) in [5.41, 5.74) is 2.98. The SMILES string of the molecule is CCN(C(c1ccccc1)c1ccccc1)S(=O)(=O)CC(=O)c1cc(C(C)(C)C)c(OCOC)c(C(C)(C)C)c1. The molecule has 40 heavy (non-hydrogen) atoms. The lowest BCUT2D eigenvalue weighted by molar-refractivity contribution is 0.0484. The number of rotatable bonds is 11. The molecular weight excluding hydrogens is 522 g/mol. The van der Waals surface area contributed by atoms with Crippen molar-refractivity contribution in [1.29, 1.82) is 0 Å². The summed E-state index contributed by atoms with van der Waals surface area (Å²) in [5, 5.41) is 0. The van der Waals surface area contributed by atoms with Gasteiger partial charge in [-0.1, -0.05) is 109 Å². The maximum atomic E-state index is 14.0. The Morgan fingerprint density at radius 1 is 0.825 bits per heavy atom. The summed E-state index contributed by atoms with van der Waals surface area (Å²) in [6.07, 6.45) is 0. The Morgan fingerprint density at radius 2 is 1.27 bits per heavy atom. The molecule has 0 unspecified atom stereocenters. The highest BCUT2D eigenvalue weighted by atomic mass is 32.2. The molecule has 3 aromatic carbocycles. The van der Waals surface area contributed by atoms with Crippen molar-refractivity contribution in [3.63, 3.8) is 0 Å². The molecular formula is C33H43NO5S. The van der Waals surface area contributed by atoms with Gasteiger partial charge in [0.25, 0.3) is 0 Å². The second kappa shape index (κ2) is 12.7. The van der Waals surface area contributed by atoms with E-state index < -0.39 is 27.6 Å². The van der Waals surface area contributed by atoms with Gasteiger partial charge >= 0.3 is 0 Å². The normalized spacial score (nSPS) is 12.7. The molecule has 0 aromatic heterocycles. The van der Waals surface area contributed by atoms with Gasteiger partial charge in [0.1, 0.15) is 11.5 Å². The Balaban J connectivity index is 2.09. The molecule has 0 fully saturated rings. The molecule has 0 N–H and O–H groups in total. The number of nitrogens with zero attached hydrogens (tertiary/aromatic N) is 1. The molecule has 0 saturated heterocycles. The number of ether oxygens (including phenoxy) is 2. The van der Waals surface area contributed by atoms with Gasteiger partial charge in [0.05, 0.1) is 6.04 Å². The van der Waals surface area contributed by atoms with Crippen molar-refractivity contribution in [2.75, 3.05) is 26.2 Å². The zero-order valence-electron chi connectivity index (χ0n) is 25.0. The molecule has 0 saturated carbocycles. The first-order chi connectivity index (χ1) is 18.7. The Bertz CT molecular complexity index is 1310. The van der Waals surface area contributed by atoms with Crippen LogP contribution < -0.4 is 4.74 Å². The van der Waals surface area contributed by atoms with Crippen LogP contribution in [-0.2, 0) is 25.6 Å². The average molecular weight is 566 g/mol. The van der Waals surface area contributed by atoms with Crippen LogP contribution in [0.25, 0.3) is 0 Å². The van der Waals surface area contributed by atoms with Crippen LogP contribution in [0.15, 0.2) is 72.8 Å². The van der Waals surface area contributed by atoms with Gasteiger partial charge in [0.2, 0.25) is 10.0 Å². The number of carbonyl (C=O) groups excluding carboxylic acids is 1. The fourth-order valence-electron chi connectivity index (χ4n) is 4.84. The van der Waals surface area contributed by atoms with E-state index in [1.165, 1.54) is 4.31 Å². The molecule has 7 heteroatoms. The molecule has 0 bridgehead atoms. The lowest BCUT2D eigenvalue weighted by Crippen LogP contribution is -2.39. The van der Waals surface area contributed by atoms with Crippen LogP contribution in [0.1, 0.15) is 87.1 Å². The van der Waals surface area contributed by atoms with Crippen LogP contribution >= 0.6 is 0 Å². The predicted octanol–water partition coefficient (Wildman–Crippen LogP) is 6.89. The third-order valence-electron chi connectivity index (χ3n) is 6.85. The molecule has 3 rings (SSSR count). The number of ketones is 1. The maximum Gasteiger partial charge on any atom is 0.222 e. The van der Waals surface area contributed by atoms with Gasteiger partial charge in [-0.05, 0) is 34.1 Å². The summed E-state index contributed by atoms with van der Waals surface area (Å²) in [4.78, 5) is 13.8. The third-order valence-corrected chi connectivity index (χ3v) is 8.66. The minimum atomic E-state index is -4.00. The molecule has 0 amide bonds. The Labute approximate surface area is 240 Å². The Hall–Kier alpha value is -3.00. The second-order valence-electron chi connectivity index (χ2n) is 12.1. The molecule has 216 valence electrons. The van der Waals surface area contributed by atoms with E-state index in [0.29, 0.717) is 11.3 Å². The first-order valence-corrected chi connectivity index (χ1v) is 15.2. The molecule has 0 heterocycles. The fourth-order valence-corrected chi connectivity index (χ4v) is 6.47. The van der Waals surface area contributed by atoms with E-state index in [9.17, 15) is 13.2 Å². The zero-order valence-corrected chi connectivity index (χ0v) is 25.8. The van der Waals surface area contributed by atoms with Crippen molar-refractivity contribution in [3.05, 3.63) is 101 Å². The number of benzene rings is 3. The Morgan fingerprint density at radius 3 is 1.65 bits per heavy atom. The topological polar surface area (TPSA) is 72.9 Å². The number of hydrogen-bond acceptors (Lipinski definition) is 5. The van der Waals surface area contributed by atoms with Crippen molar-refractivity contribution < 1.29 is 22.7 Å². The van der Waals surface area contributed by atoms with Crippen LogP contribution in [0.2, 0.25) is 0 Å². The van der Waals surface area contributed by atoms with Crippen LogP contribution in [0.3, 0.4) is 0 Å².